The molecule has 0 aliphatic carbocycles. The molecular formula is C10H13N3O4. The van der Waals surface area contributed by atoms with E-state index < -0.39 is 11.9 Å². The van der Waals surface area contributed by atoms with Gasteiger partial charge in [-0.2, -0.15) is 5.10 Å². The first-order chi connectivity index (χ1) is 7.95. The van der Waals surface area contributed by atoms with E-state index in [-0.39, 0.29) is 17.8 Å². The number of methoxy groups -OCH3 is 1. The maximum Gasteiger partial charge on any atom is 0.325 e. The highest BCUT2D eigenvalue weighted by molar-refractivity contribution is 5.93. The monoisotopic (exact) mass is 239 g/mol. The van der Waals surface area contributed by atoms with Crippen LogP contribution in [0.15, 0.2) is 16.9 Å². The van der Waals surface area contributed by atoms with Crippen molar-refractivity contribution in [3.63, 3.8) is 0 Å². The van der Waals surface area contributed by atoms with Crippen molar-refractivity contribution in [3.05, 3.63) is 28.2 Å². The number of esters is 1. The Balaban J connectivity index is 2.85. The van der Waals surface area contributed by atoms with Crippen molar-refractivity contribution in [1.82, 2.24) is 14.7 Å². The molecule has 92 valence electrons. The van der Waals surface area contributed by atoms with E-state index in [1.165, 1.54) is 38.2 Å². The molecule has 1 aromatic heterocycles. The van der Waals surface area contributed by atoms with Crippen LogP contribution in [0.1, 0.15) is 10.5 Å². The lowest BCUT2D eigenvalue weighted by Gasteiger charge is -2.14. The van der Waals surface area contributed by atoms with Crippen molar-refractivity contribution < 1.29 is 14.3 Å². The molecule has 7 heteroatoms. The van der Waals surface area contributed by atoms with Crippen LogP contribution in [0.25, 0.3) is 0 Å². The SMILES string of the molecule is COC(=O)CN(C)C(=O)c1ccc(=O)n(C)n1. The van der Waals surface area contributed by atoms with Crippen molar-refractivity contribution >= 4 is 11.9 Å². The van der Waals surface area contributed by atoms with Gasteiger partial charge in [-0.3, -0.25) is 14.4 Å². The molecule has 0 unspecified atom stereocenters. The number of aryl methyl sites for hydroxylation is 1. The number of hydrogen-bond acceptors (Lipinski definition) is 5. The maximum absolute atomic E-state index is 11.8. The number of hydrogen-bond donors (Lipinski definition) is 0. The number of likely N-dealkylation sites (N-methyl/N-ethyl adjacent to an activating group) is 1. The molecule has 1 aromatic rings. The first-order valence-corrected chi connectivity index (χ1v) is 4.82. The topological polar surface area (TPSA) is 81.5 Å². The second kappa shape index (κ2) is 5.24. The Kier molecular flexibility index (Phi) is 3.97. The third-order valence-electron chi connectivity index (χ3n) is 2.12. The van der Waals surface area contributed by atoms with Crippen LogP contribution in [0.2, 0.25) is 0 Å². The first-order valence-electron chi connectivity index (χ1n) is 4.82. The summed E-state index contributed by atoms with van der Waals surface area (Å²) in [4.78, 5) is 35.0. The molecule has 0 aromatic carbocycles. The van der Waals surface area contributed by atoms with Gasteiger partial charge in [-0.25, -0.2) is 4.68 Å². The molecule has 7 nitrogen and oxygen atoms in total. The largest absolute Gasteiger partial charge is 0.468 e. The standard InChI is InChI=1S/C10H13N3O4/c1-12(6-9(15)17-3)10(16)7-4-5-8(14)13(2)11-7/h4-5H,6H2,1-3H3. The zero-order chi connectivity index (χ0) is 13.0. The van der Waals surface area contributed by atoms with E-state index in [1.54, 1.807) is 0 Å². The molecule has 17 heavy (non-hydrogen) atoms. The molecule has 0 saturated carbocycles. The summed E-state index contributed by atoms with van der Waals surface area (Å²) in [7, 11) is 4.14. The van der Waals surface area contributed by atoms with Gasteiger partial charge in [0, 0.05) is 20.2 Å². The Labute approximate surface area is 97.6 Å². The molecule has 0 aliphatic rings. The van der Waals surface area contributed by atoms with E-state index in [4.69, 9.17) is 0 Å². The second-order valence-corrected chi connectivity index (χ2v) is 3.42. The third kappa shape index (κ3) is 3.13. The lowest BCUT2D eigenvalue weighted by molar-refractivity contribution is -0.141. The molecule has 0 atom stereocenters. The zero-order valence-electron chi connectivity index (χ0n) is 9.84. The number of nitrogens with zero attached hydrogens (tertiary/aromatic N) is 3. The number of amides is 1. The molecule has 0 N–H and O–H groups in total. The predicted octanol–water partition coefficient (Wildman–Crippen LogP) is -0.975. The lowest BCUT2D eigenvalue weighted by atomic mass is 10.3. The smallest absolute Gasteiger partial charge is 0.325 e. The van der Waals surface area contributed by atoms with Crippen LogP contribution >= 0.6 is 0 Å². The minimum atomic E-state index is -0.523. The fraction of sp³-hybridized carbons (Fsp3) is 0.400. The van der Waals surface area contributed by atoms with Crippen LogP contribution in [-0.2, 0) is 16.6 Å². The molecule has 0 aliphatic heterocycles. The molecule has 0 bridgehead atoms. The highest BCUT2D eigenvalue weighted by atomic mass is 16.5. The molecule has 0 radical (unpaired) electrons. The summed E-state index contributed by atoms with van der Waals surface area (Å²) in [6.45, 7) is -0.167. The maximum atomic E-state index is 11.8. The van der Waals surface area contributed by atoms with Crippen molar-refractivity contribution in [2.45, 2.75) is 0 Å². The third-order valence-corrected chi connectivity index (χ3v) is 2.12. The molecule has 0 saturated heterocycles. The van der Waals surface area contributed by atoms with E-state index in [0.717, 1.165) is 4.68 Å². The van der Waals surface area contributed by atoms with Gasteiger partial charge in [-0.15, -0.1) is 0 Å². The highest BCUT2D eigenvalue weighted by Gasteiger charge is 2.16. The molecule has 1 rings (SSSR count). The van der Waals surface area contributed by atoms with E-state index >= 15 is 0 Å². The van der Waals surface area contributed by atoms with Crippen LogP contribution in [0.5, 0.6) is 0 Å². The van der Waals surface area contributed by atoms with Crippen molar-refractivity contribution in [1.29, 1.82) is 0 Å². The van der Waals surface area contributed by atoms with Gasteiger partial charge in [-0.1, -0.05) is 0 Å². The summed E-state index contributed by atoms with van der Waals surface area (Å²) in [5.74, 6) is -0.975. The van der Waals surface area contributed by atoms with Gasteiger partial charge in [0.15, 0.2) is 0 Å². The minimum absolute atomic E-state index is 0.0958. The highest BCUT2D eigenvalue weighted by Crippen LogP contribution is 1.97. The average molecular weight is 239 g/mol. The van der Waals surface area contributed by atoms with Crippen molar-refractivity contribution in [2.75, 3.05) is 20.7 Å². The summed E-state index contributed by atoms with van der Waals surface area (Å²) in [6.07, 6.45) is 0. The molecule has 1 heterocycles. The van der Waals surface area contributed by atoms with Crippen LogP contribution in [-0.4, -0.2) is 47.3 Å². The summed E-state index contributed by atoms with van der Waals surface area (Å²) in [5.41, 5.74) is -0.212. The average Bonchev–Trinajstić information content (AvgIpc) is 2.31. The van der Waals surface area contributed by atoms with E-state index in [0.29, 0.717) is 0 Å². The van der Waals surface area contributed by atoms with E-state index in [9.17, 15) is 14.4 Å². The van der Waals surface area contributed by atoms with Crippen LogP contribution < -0.4 is 5.56 Å². The number of carbonyl (C=O) groups excluding carboxylic acids is 2. The Morgan fingerprint density at radius 2 is 2.12 bits per heavy atom. The second-order valence-electron chi connectivity index (χ2n) is 3.42. The fourth-order valence-corrected chi connectivity index (χ4v) is 1.14. The van der Waals surface area contributed by atoms with Crippen LogP contribution in [0.4, 0.5) is 0 Å². The Bertz CT molecular complexity index is 495. The summed E-state index contributed by atoms with van der Waals surface area (Å²) >= 11 is 0. The fourth-order valence-electron chi connectivity index (χ4n) is 1.14. The molecule has 0 fully saturated rings. The van der Waals surface area contributed by atoms with Crippen molar-refractivity contribution in [2.24, 2.45) is 7.05 Å². The first kappa shape index (κ1) is 12.9. The van der Waals surface area contributed by atoms with Gasteiger partial charge in [0.2, 0.25) is 0 Å². The summed E-state index contributed by atoms with van der Waals surface area (Å²) < 4.78 is 5.50. The predicted molar refractivity (Wildman–Crippen MR) is 58.5 cm³/mol. The number of rotatable bonds is 3. The number of aromatic nitrogens is 2. The van der Waals surface area contributed by atoms with Crippen LogP contribution in [0.3, 0.4) is 0 Å². The van der Waals surface area contributed by atoms with Gasteiger partial charge < -0.3 is 9.64 Å². The molecular weight excluding hydrogens is 226 g/mol. The Hall–Kier alpha value is -2.18. The normalized spacial score (nSPS) is 9.82. The molecule has 1 amide bonds. The van der Waals surface area contributed by atoms with E-state index in [1.807, 2.05) is 0 Å². The van der Waals surface area contributed by atoms with Gasteiger partial charge in [0.05, 0.1) is 7.11 Å². The van der Waals surface area contributed by atoms with Gasteiger partial charge in [0.25, 0.3) is 11.5 Å². The van der Waals surface area contributed by atoms with E-state index in [2.05, 4.69) is 9.84 Å². The number of carbonyl (C=O) groups is 2. The summed E-state index contributed by atoms with van der Waals surface area (Å²) in [5, 5.41) is 3.79. The van der Waals surface area contributed by atoms with Gasteiger partial charge >= 0.3 is 5.97 Å². The summed E-state index contributed by atoms with van der Waals surface area (Å²) in [6, 6.07) is 2.56. The minimum Gasteiger partial charge on any atom is -0.468 e. The van der Waals surface area contributed by atoms with Crippen LogP contribution in [0, 0.1) is 0 Å². The van der Waals surface area contributed by atoms with Crippen molar-refractivity contribution in [3.8, 4) is 0 Å². The zero-order valence-corrected chi connectivity index (χ0v) is 9.84. The Morgan fingerprint density at radius 1 is 1.47 bits per heavy atom. The van der Waals surface area contributed by atoms with Gasteiger partial charge in [-0.05, 0) is 6.07 Å². The quantitative estimate of drug-likeness (QED) is 0.633. The Morgan fingerprint density at radius 3 is 2.65 bits per heavy atom. The lowest BCUT2D eigenvalue weighted by Crippen LogP contribution is -2.34. The number of ether oxygens (including phenoxy) is 1. The molecule has 0 spiro atoms. The van der Waals surface area contributed by atoms with Gasteiger partial charge in [0.1, 0.15) is 12.2 Å².